The first-order chi connectivity index (χ1) is 40.2. The van der Waals surface area contributed by atoms with Gasteiger partial charge in [-0.25, -0.2) is 48.3 Å². The molecule has 5 heterocycles. The molecule has 7 aromatic rings. The van der Waals surface area contributed by atoms with Crippen molar-refractivity contribution in [1.29, 1.82) is 0 Å². The van der Waals surface area contributed by atoms with Crippen LogP contribution in [0.3, 0.4) is 0 Å². The highest BCUT2D eigenvalue weighted by molar-refractivity contribution is 6.10. The predicted molar refractivity (Wildman–Crippen MR) is 293 cm³/mol. The summed E-state index contributed by atoms with van der Waals surface area (Å²) in [6, 6.07) is 19.3. The zero-order chi connectivity index (χ0) is 57.9. The van der Waals surface area contributed by atoms with E-state index in [1.54, 1.807) is 0 Å². The number of hydrogen-bond acceptors (Lipinski definition) is 10. The van der Waals surface area contributed by atoms with Gasteiger partial charge < -0.3 is 50.8 Å². The molecule has 0 unspecified atom stereocenters. The van der Waals surface area contributed by atoms with Crippen LogP contribution in [0.5, 0.6) is 0 Å². The number of hydrogen-bond donors (Lipinski definition) is 10. The molecule has 84 heavy (non-hydrogen) atoms. The second-order valence-corrected chi connectivity index (χ2v) is 23.5. The molecule has 17 rings (SSSR count). The summed E-state index contributed by atoms with van der Waals surface area (Å²) < 4.78 is 0. The minimum atomic E-state index is -1.40. The molecule has 8 atom stereocenters. The summed E-state index contributed by atoms with van der Waals surface area (Å²) in [6.45, 7) is 0. The monoisotopic (exact) mass is 1120 g/mol. The minimum Gasteiger partial charge on any atom is -0.478 e. The highest BCUT2D eigenvalue weighted by atomic mass is 16.4. The molecule has 2 aliphatic heterocycles. The average Bonchev–Trinajstić information content (AvgIpc) is 1.62. The number of carboxylic acids is 8. The summed E-state index contributed by atoms with van der Waals surface area (Å²) in [5, 5.41) is 82.5. The van der Waals surface area contributed by atoms with Crippen LogP contribution in [0.1, 0.15) is 245 Å². The first-order valence-corrected chi connectivity index (χ1v) is 27.1. The lowest BCUT2D eigenvalue weighted by atomic mass is 9.81. The van der Waals surface area contributed by atoms with Crippen molar-refractivity contribution < 1.29 is 79.2 Å². The molecule has 10 aliphatic rings. The number of nitrogens with zero attached hydrogens (tertiary/aromatic N) is 2. The van der Waals surface area contributed by atoms with Gasteiger partial charge in [-0.3, -0.25) is 0 Å². The Kier molecular flexibility index (Phi) is 8.92. The Morgan fingerprint density at radius 2 is 0.440 bits per heavy atom. The Morgan fingerprint density at radius 1 is 0.274 bits per heavy atom. The van der Waals surface area contributed by atoms with Gasteiger partial charge in [0, 0.05) is 69.4 Å². The quantitative estimate of drug-likeness (QED) is 0.0676. The number of nitrogens with one attached hydrogen (secondary N) is 2. The van der Waals surface area contributed by atoms with E-state index < -0.39 is 95.1 Å². The van der Waals surface area contributed by atoms with Crippen molar-refractivity contribution >= 4 is 92.1 Å². The third-order valence-electron chi connectivity index (χ3n) is 20.0. The molecule has 16 bridgehead atoms. The van der Waals surface area contributed by atoms with Crippen LogP contribution in [0.25, 0.3) is 44.4 Å². The Bertz CT molecular complexity index is 4310. The number of aromatic nitrogens is 4. The van der Waals surface area contributed by atoms with E-state index in [1.807, 2.05) is 24.3 Å². The van der Waals surface area contributed by atoms with E-state index >= 15 is 0 Å². The number of aromatic amines is 2. The maximum Gasteiger partial charge on any atom is 0.336 e. The summed E-state index contributed by atoms with van der Waals surface area (Å²) in [5.41, 5.74) is 13.5. The van der Waals surface area contributed by atoms with E-state index in [0.717, 1.165) is 44.5 Å². The standard InChI is InChI=1S/C64H38N4O16/c69-57(70)33-1-17-18(2-34(33)58(71)72)26-9-25(17)49-41-13-43-51-27-10-29(20-4-36(60(75)76)35(59(73)74)3-19(20)27)53(51)45(66-43)15-47-55-31-12-32(24-8-40(64(83)84)39(63(81)82)7-23(24)31)56(55)48(68-47)16-46-54-30-11-28(52(54)44(67-46)14-42(65-41)50(26)49)21-5-37(61(77)78)38(62(79)80)6-22(21)30/h1-8,13-16,25-32,65,68H,9-12H2,(H,69,70)(H,71,72)(H,73,74)(H,75,76)(H,77,78)(H,79,80)(H,81,82)(H,83,84)/t25-,26+,27+,28-,29-,30+,31+,32-. The van der Waals surface area contributed by atoms with E-state index in [-0.39, 0.29) is 44.5 Å². The van der Waals surface area contributed by atoms with Gasteiger partial charge in [-0.1, -0.05) is 0 Å². The summed E-state index contributed by atoms with van der Waals surface area (Å²) in [4.78, 5) is 120. The van der Waals surface area contributed by atoms with E-state index in [9.17, 15) is 79.2 Å². The number of allylic oxidation sites excluding steroid dienone is 4. The number of aromatic carboxylic acids is 8. The molecule has 410 valence electrons. The number of rotatable bonds is 8. The fraction of sp³-hybridized carbons (Fsp3) is 0.188. The summed E-state index contributed by atoms with van der Waals surface area (Å²) >= 11 is 0. The van der Waals surface area contributed by atoms with E-state index in [0.29, 0.717) is 115 Å². The fourth-order valence-electron chi connectivity index (χ4n) is 17.1. The lowest BCUT2D eigenvalue weighted by molar-refractivity contribution is 0.0651. The Labute approximate surface area is 469 Å². The summed E-state index contributed by atoms with van der Waals surface area (Å²) in [7, 11) is 0. The molecule has 20 heteroatoms. The highest BCUT2D eigenvalue weighted by Gasteiger charge is 2.52. The minimum absolute atomic E-state index is 0.356. The van der Waals surface area contributed by atoms with Crippen molar-refractivity contribution in [3.63, 3.8) is 0 Å². The third kappa shape index (κ3) is 5.84. The largest absolute Gasteiger partial charge is 0.478 e. The van der Waals surface area contributed by atoms with Crippen molar-refractivity contribution in [2.45, 2.75) is 73.0 Å². The van der Waals surface area contributed by atoms with Crippen LogP contribution in [0, 0.1) is 0 Å². The van der Waals surface area contributed by atoms with Crippen LogP contribution >= 0.6 is 0 Å². The van der Waals surface area contributed by atoms with Crippen molar-refractivity contribution in [2.75, 3.05) is 0 Å². The van der Waals surface area contributed by atoms with E-state index in [1.165, 1.54) is 48.5 Å². The van der Waals surface area contributed by atoms with E-state index in [4.69, 9.17) is 9.97 Å². The van der Waals surface area contributed by atoms with Crippen LogP contribution in [0.2, 0.25) is 0 Å². The van der Waals surface area contributed by atoms with Crippen LogP contribution in [0.15, 0.2) is 72.8 Å². The predicted octanol–water partition coefficient (Wildman–Crippen LogP) is 10.3. The maximum absolute atomic E-state index is 12.7. The van der Waals surface area contributed by atoms with Crippen LogP contribution in [-0.4, -0.2) is 109 Å². The number of carbonyl (C=O) groups is 8. The van der Waals surface area contributed by atoms with Gasteiger partial charge in [0.25, 0.3) is 0 Å². The highest BCUT2D eigenvalue weighted by Crippen LogP contribution is 2.67. The van der Waals surface area contributed by atoms with Gasteiger partial charge in [0.1, 0.15) is 0 Å². The second kappa shape index (κ2) is 15.6. The lowest BCUT2D eigenvalue weighted by Gasteiger charge is -2.20. The van der Waals surface area contributed by atoms with Crippen LogP contribution < -0.4 is 0 Å². The SMILES string of the molecule is O=C(O)c1cc2c(cc1C(=O)O)[C@@H]1C[C@H]2c2c1c1cc3nc(cc4[nH]c(cc5nc(cc2[nH]1)C1=C5[C@@H]2C[C@H]1c1cc(C(=O)O)c(C(=O)O)cc12)c1c4[C@@H]2C[C@H]1c1cc(C(=O)O)c(C(=O)O)cc12)C1=C3[C@@H]2C[C@H]1c1cc(C(=O)O)c(C(=O)O)cc12. The topological polar surface area (TPSA) is 356 Å². The molecule has 0 amide bonds. The summed E-state index contributed by atoms with van der Waals surface area (Å²) in [6.07, 6.45) is 1.90. The maximum atomic E-state index is 12.7. The average molecular weight is 1120 g/mol. The molecular weight excluding hydrogens is 1080 g/mol. The number of H-pyrrole nitrogens is 2. The zero-order valence-electron chi connectivity index (χ0n) is 43.1. The van der Waals surface area contributed by atoms with Crippen molar-refractivity contribution in [1.82, 2.24) is 19.9 Å². The number of fused-ring (bicyclic) bond motifs is 46. The fourth-order valence-corrected chi connectivity index (χ4v) is 17.1. The molecule has 0 radical (unpaired) electrons. The van der Waals surface area contributed by atoms with Crippen molar-refractivity contribution in [3.05, 3.63) is 207 Å². The van der Waals surface area contributed by atoms with Crippen molar-refractivity contribution in [2.24, 2.45) is 0 Å². The molecule has 0 spiro atoms. The molecule has 0 saturated carbocycles. The molecule has 10 N–H and O–H groups in total. The van der Waals surface area contributed by atoms with Gasteiger partial charge in [0.2, 0.25) is 0 Å². The Balaban J connectivity index is 0.975. The molecule has 0 fully saturated rings. The van der Waals surface area contributed by atoms with Crippen LogP contribution in [-0.2, 0) is 0 Å². The van der Waals surface area contributed by atoms with Gasteiger partial charge in [0.05, 0.1) is 67.3 Å². The molecule has 0 saturated heterocycles. The lowest BCUT2D eigenvalue weighted by Crippen LogP contribution is -2.12. The first kappa shape index (κ1) is 48.0. The zero-order valence-corrected chi connectivity index (χ0v) is 43.1. The smallest absolute Gasteiger partial charge is 0.336 e. The number of benzene rings is 4. The van der Waals surface area contributed by atoms with Gasteiger partial charge >= 0.3 is 47.8 Å². The molecular formula is C64H38N4O16. The van der Waals surface area contributed by atoms with Crippen LogP contribution in [0.4, 0.5) is 0 Å². The Hall–Kier alpha value is -10.8. The Morgan fingerprint density at radius 3 is 0.619 bits per heavy atom. The van der Waals surface area contributed by atoms with Crippen molar-refractivity contribution in [3.8, 4) is 0 Å². The third-order valence-corrected chi connectivity index (χ3v) is 20.0. The molecule has 8 aliphatic carbocycles. The van der Waals surface area contributed by atoms with Gasteiger partial charge in [-0.15, -0.1) is 0 Å². The molecule has 4 aromatic carbocycles. The molecule has 20 nitrogen and oxygen atoms in total. The second-order valence-electron chi connectivity index (χ2n) is 23.5. The van der Waals surface area contributed by atoms with Gasteiger partial charge in [-0.2, -0.15) is 0 Å². The molecule has 3 aromatic heterocycles. The van der Waals surface area contributed by atoms with Gasteiger partial charge in [-0.05, 0) is 188 Å². The van der Waals surface area contributed by atoms with Gasteiger partial charge in [0.15, 0.2) is 0 Å². The first-order valence-electron chi connectivity index (χ1n) is 27.1. The summed E-state index contributed by atoms with van der Waals surface area (Å²) in [5.74, 6) is -14.6. The normalized spacial score (nSPS) is 22.8. The van der Waals surface area contributed by atoms with E-state index in [2.05, 4.69) is 9.97 Å². The number of carboxylic acid groups (broad SMARTS) is 8.